The zero-order valence-electron chi connectivity index (χ0n) is 16.0. The summed E-state index contributed by atoms with van der Waals surface area (Å²) >= 11 is 0. The molecule has 0 saturated carbocycles. The fourth-order valence-electron chi connectivity index (χ4n) is 2.80. The number of aryl methyl sites for hydroxylation is 2. The first kappa shape index (κ1) is 19.3. The summed E-state index contributed by atoms with van der Waals surface area (Å²) in [6.45, 7) is 5.64. The second-order valence-corrected chi connectivity index (χ2v) is 6.54. The van der Waals surface area contributed by atoms with Crippen LogP contribution in [-0.2, 0) is 6.54 Å². The van der Waals surface area contributed by atoms with Gasteiger partial charge < -0.3 is 15.0 Å². The van der Waals surface area contributed by atoms with E-state index in [4.69, 9.17) is 4.74 Å². The lowest BCUT2D eigenvalue weighted by Crippen LogP contribution is -2.28. The SMILES string of the molecule is Cc1cc(C)c(CNC(=O)c2ccc(C(C)Oc3ccccc3)nn2)c(=O)[nH]1. The van der Waals surface area contributed by atoms with E-state index in [2.05, 4.69) is 20.5 Å². The Labute approximate surface area is 162 Å². The van der Waals surface area contributed by atoms with Crippen LogP contribution >= 0.6 is 0 Å². The van der Waals surface area contributed by atoms with E-state index in [9.17, 15) is 9.59 Å². The van der Waals surface area contributed by atoms with Gasteiger partial charge in [0.15, 0.2) is 5.69 Å². The molecule has 2 aromatic heterocycles. The minimum atomic E-state index is -0.393. The minimum absolute atomic E-state index is 0.122. The fourth-order valence-corrected chi connectivity index (χ4v) is 2.80. The first-order valence-corrected chi connectivity index (χ1v) is 8.97. The molecule has 0 aliphatic heterocycles. The molecular weight excluding hydrogens is 356 g/mol. The van der Waals surface area contributed by atoms with Gasteiger partial charge in [-0.15, -0.1) is 5.10 Å². The van der Waals surface area contributed by atoms with Gasteiger partial charge in [-0.25, -0.2) is 0 Å². The molecule has 28 heavy (non-hydrogen) atoms. The number of carbonyl (C=O) groups excluding carboxylic acids is 1. The molecule has 0 radical (unpaired) electrons. The Hall–Kier alpha value is -3.48. The summed E-state index contributed by atoms with van der Waals surface area (Å²) in [7, 11) is 0. The van der Waals surface area contributed by atoms with Crippen molar-refractivity contribution in [1.29, 1.82) is 0 Å². The van der Waals surface area contributed by atoms with Crippen LogP contribution in [0.15, 0.2) is 53.3 Å². The number of nitrogens with zero attached hydrogens (tertiary/aromatic N) is 2. The van der Waals surface area contributed by atoms with Crippen molar-refractivity contribution < 1.29 is 9.53 Å². The number of para-hydroxylation sites is 1. The normalized spacial score (nSPS) is 11.7. The van der Waals surface area contributed by atoms with Gasteiger partial charge in [0.25, 0.3) is 11.5 Å². The molecule has 1 aromatic carbocycles. The van der Waals surface area contributed by atoms with E-state index in [1.165, 1.54) is 0 Å². The Morgan fingerprint density at radius 1 is 1.14 bits per heavy atom. The van der Waals surface area contributed by atoms with Gasteiger partial charge in [-0.2, -0.15) is 5.10 Å². The lowest BCUT2D eigenvalue weighted by Gasteiger charge is -2.13. The van der Waals surface area contributed by atoms with Crippen molar-refractivity contribution in [2.75, 3.05) is 0 Å². The van der Waals surface area contributed by atoms with Crippen LogP contribution in [0, 0.1) is 13.8 Å². The van der Waals surface area contributed by atoms with Gasteiger partial charge in [0.2, 0.25) is 0 Å². The first-order valence-electron chi connectivity index (χ1n) is 8.97. The molecule has 0 fully saturated rings. The topological polar surface area (TPSA) is 97.0 Å². The molecule has 144 valence electrons. The van der Waals surface area contributed by atoms with Gasteiger partial charge >= 0.3 is 0 Å². The maximum atomic E-state index is 12.3. The smallest absolute Gasteiger partial charge is 0.272 e. The van der Waals surface area contributed by atoms with Crippen LogP contribution in [0.25, 0.3) is 0 Å². The number of hydrogen-bond acceptors (Lipinski definition) is 5. The third-order valence-corrected chi connectivity index (χ3v) is 4.31. The van der Waals surface area contributed by atoms with E-state index in [1.54, 1.807) is 12.1 Å². The molecule has 1 unspecified atom stereocenters. The lowest BCUT2D eigenvalue weighted by molar-refractivity contribution is 0.0944. The molecule has 0 bridgehead atoms. The van der Waals surface area contributed by atoms with Gasteiger partial charge in [0.05, 0.1) is 0 Å². The van der Waals surface area contributed by atoms with Crippen molar-refractivity contribution in [1.82, 2.24) is 20.5 Å². The number of benzene rings is 1. The zero-order chi connectivity index (χ0) is 20.1. The Balaban J connectivity index is 1.63. The Morgan fingerprint density at radius 3 is 2.54 bits per heavy atom. The number of H-pyrrole nitrogens is 1. The van der Waals surface area contributed by atoms with E-state index in [-0.39, 0.29) is 23.9 Å². The molecule has 3 aromatic rings. The number of nitrogens with one attached hydrogen (secondary N) is 2. The summed E-state index contributed by atoms with van der Waals surface area (Å²) < 4.78 is 5.80. The summed E-state index contributed by atoms with van der Waals surface area (Å²) in [4.78, 5) is 27.1. The maximum Gasteiger partial charge on any atom is 0.272 e. The van der Waals surface area contributed by atoms with Gasteiger partial charge in [0, 0.05) is 17.8 Å². The third kappa shape index (κ3) is 4.62. The molecule has 2 heterocycles. The van der Waals surface area contributed by atoms with E-state index in [1.807, 2.05) is 57.2 Å². The van der Waals surface area contributed by atoms with Crippen LogP contribution in [0.2, 0.25) is 0 Å². The first-order chi connectivity index (χ1) is 13.4. The van der Waals surface area contributed by atoms with Gasteiger partial charge in [-0.05, 0) is 56.7 Å². The number of carbonyl (C=O) groups is 1. The zero-order valence-corrected chi connectivity index (χ0v) is 16.0. The Kier molecular flexibility index (Phi) is 5.84. The van der Waals surface area contributed by atoms with E-state index in [0.29, 0.717) is 11.3 Å². The quantitative estimate of drug-likeness (QED) is 0.687. The van der Waals surface area contributed by atoms with Crippen LogP contribution < -0.4 is 15.6 Å². The number of aromatic nitrogens is 3. The second-order valence-electron chi connectivity index (χ2n) is 6.54. The molecule has 0 aliphatic rings. The van der Waals surface area contributed by atoms with Crippen molar-refractivity contribution >= 4 is 5.91 Å². The number of hydrogen-bond donors (Lipinski definition) is 2. The highest BCUT2D eigenvalue weighted by Crippen LogP contribution is 2.19. The van der Waals surface area contributed by atoms with Gasteiger partial charge in [0.1, 0.15) is 17.5 Å². The maximum absolute atomic E-state index is 12.3. The number of rotatable bonds is 6. The molecule has 0 saturated heterocycles. The summed E-state index contributed by atoms with van der Waals surface area (Å²) in [6, 6.07) is 14.6. The number of amides is 1. The van der Waals surface area contributed by atoms with Crippen LogP contribution in [0.5, 0.6) is 5.75 Å². The lowest BCUT2D eigenvalue weighted by atomic mass is 10.1. The van der Waals surface area contributed by atoms with Crippen molar-refractivity contribution in [2.45, 2.75) is 33.4 Å². The molecule has 1 atom stereocenters. The van der Waals surface area contributed by atoms with Crippen LogP contribution in [0.1, 0.15) is 46.0 Å². The second kappa shape index (κ2) is 8.47. The number of pyridine rings is 1. The van der Waals surface area contributed by atoms with Gasteiger partial charge in [-0.1, -0.05) is 18.2 Å². The van der Waals surface area contributed by atoms with Crippen molar-refractivity contribution in [3.63, 3.8) is 0 Å². The monoisotopic (exact) mass is 378 g/mol. The predicted molar refractivity (Wildman–Crippen MR) is 105 cm³/mol. The highest BCUT2D eigenvalue weighted by atomic mass is 16.5. The highest BCUT2D eigenvalue weighted by molar-refractivity contribution is 5.91. The van der Waals surface area contributed by atoms with Crippen LogP contribution in [0.4, 0.5) is 0 Å². The molecule has 3 rings (SSSR count). The highest BCUT2D eigenvalue weighted by Gasteiger charge is 2.14. The van der Waals surface area contributed by atoms with Crippen molar-refractivity contribution in [3.8, 4) is 5.75 Å². The van der Waals surface area contributed by atoms with E-state index < -0.39 is 5.91 Å². The van der Waals surface area contributed by atoms with Crippen LogP contribution in [0.3, 0.4) is 0 Å². The van der Waals surface area contributed by atoms with Gasteiger partial charge in [-0.3, -0.25) is 9.59 Å². The van der Waals surface area contributed by atoms with Crippen LogP contribution in [-0.4, -0.2) is 21.1 Å². The van der Waals surface area contributed by atoms with E-state index >= 15 is 0 Å². The number of aromatic amines is 1. The van der Waals surface area contributed by atoms with E-state index in [0.717, 1.165) is 17.0 Å². The summed E-state index contributed by atoms with van der Waals surface area (Å²) in [5.41, 5.74) is 2.73. The Bertz CT molecular complexity index is 1010. The summed E-state index contributed by atoms with van der Waals surface area (Å²) in [5.74, 6) is 0.340. The average Bonchev–Trinajstić information content (AvgIpc) is 2.68. The van der Waals surface area contributed by atoms with Crippen molar-refractivity contribution in [2.24, 2.45) is 0 Å². The average molecular weight is 378 g/mol. The molecule has 7 nitrogen and oxygen atoms in total. The largest absolute Gasteiger partial charge is 0.484 e. The Morgan fingerprint density at radius 2 is 1.89 bits per heavy atom. The minimum Gasteiger partial charge on any atom is -0.484 e. The fraction of sp³-hybridized carbons (Fsp3) is 0.238. The molecule has 7 heteroatoms. The standard InChI is InChI=1S/C21H22N4O3/c1-13-11-14(2)23-20(26)17(13)12-22-21(27)19-10-9-18(24-25-19)15(3)28-16-7-5-4-6-8-16/h4-11,15H,12H2,1-3H3,(H,22,27)(H,23,26). The summed E-state index contributed by atoms with van der Waals surface area (Å²) in [5, 5.41) is 10.8. The number of ether oxygens (including phenoxy) is 1. The summed E-state index contributed by atoms with van der Waals surface area (Å²) in [6.07, 6.45) is -0.305. The molecule has 2 N–H and O–H groups in total. The molecule has 1 amide bonds. The van der Waals surface area contributed by atoms with Crippen molar-refractivity contribution in [3.05, 3.63) is 87.1 Å². The third-order valence-electron chi connectivity index (χ3n) is 4.31. The molecule has 0 spiro atoms. The molecular formula is C21H22N4O3. The predicted octanol–water partition coefficient (Wildman–Crippen LogP) is 2.85. The molecule has 0 aliphatic carbocycles.